The number of aromatic amines is 1. The normalized spacial score (nSPS) is 13.5. The number of rotatable bonds is 8. The number of halogens is 2. The van der Waals surface area contributed by atoms with Crippen LogP contribution in [-0.4, -0.2) is 29.0 Å². The molecule has 1 aromatic heterocycles. The maximum absolute atomic E-state index is 13.5. The number of H-pyrrole nitrogens is 1. The molecule has 0 bridgehead atoms. The van der Waals surface area contributed by atoms with Crippen LogP contribution in [0.4, 0.5) is 13.6 Å². The van der Waals surface area contributed by atoms with Crippen molar-refractivity contribution in [2.45, 2.75) is 45.9 Å². The van der Waals surface area contributed by atoms with Crippen LogP contribution in [0.1, 0.15) is 31.9 Å². The Morgan fingerprint density at radius 3 is 2.30 bits per heavy atom. The molecule has 1 heterocycles. The first kappa shape index (κ1) is 23.2. The van der Waals surface area contributed by atoms with Crippen LogP contribution < -0.4 is 16.6 Å². The fourth-order valence-corrected chi connectivity index (χ4v) is 3.12. The van der Waals surface area contributed by atoms with Crippen molar-refractivity contribution in [1.82, 2.24) is 10.3 Å². The number of primary amides is 1. The lowest BCUT2D eigenvalue weighted by atomic mass is 9.81. The first-order valence-corrected chi connectivity index (χ1v) is 9.31. The second kappa shape index (κ2) is 9.62. The van der Waals surface area contributed by atoms with E-state index in [0.29, 0.717) is 11.6 Å². The average Bonchev–Trinajstić information content (AvgIpc) is 2.58. The third kappa shape index (κ3) is 6.77. The van der Waals surface area contributed by atoms with Crippen molar-refractivity contribution in [3.8, 4) is 0 Å². The maximum atomic E-state index is 13.5. The second-order valence-corrected chi connectivity index (χ2v) is 8.05. The van der Waals surface area contributed by atoms with Crippen LogP contribution in [0.25, 0.3) is 0 Å². The number of nitrogens with one attached hydrogen (secondary N) is 2. The minimum Gasteiger partial charge on any atom is -0.438 e. The topological polar surface area (TPSA) is 114 Å². The molecule has 0 spiro atoms. The summed E-state index contributed by atoms with van der Waals surface area (Å²) in [6.07, 6.45) is -1.27. The van der Waals surface area contributed by atoms with Crippen molar-refractivity contribution < 1.29 is 23.1 Å². The Hall–Kier alpha value is -3.07. The van der Waals surface area contributed by atoms with E-state index in [4.69, 9.17) is 10.5 Å². The molecule has 30 heavy (non-hydrogen) atoms. The maximum Gasteiger partial charge on any atom is 0.405 e. The van der Waals surface area contributed by atoms with Crippen molar-refractivity contribution in [2.24, 2.45) is 11.1 Å². The number of pyridine rings is 1. The molecule has 0 aliphatic rings. The molecule has 162 valence electrons. The highest BCUT2D eigenvalue weighted by Crippen LogP contribution is 2.24. The summed E-state index contributed by atoms with van der Waals surface area (Å²) in [7, 11) is 0. The van der Waals surface area contributed by atoms with Crippen molar-refractivity contribution >= 4 is 11.9 Å². The van der Waals surface area contributed by atoms with E-state index in [2.05, 4.69) is 10.3 Å². The van der Waals surface area contributed by atoms with Gasteiger partial charge >= 0.3 is 6.09 Å². The summed E-state index contributed by atoms with van der Waals surface area (Å²) in [5.74, 6) is -2.12. The Bertz CT molecular complexity index is 949. The summed E-state index contributed by atoms with van der Waals surface area (Å²) in [6.45, 7) is 5.63. The molecular formula is C21H25F2N3O4. The zero-order valence-electron chi connectivity index (χ0n) is 17.0. The van der Waals surface area contributed by atoms with Gasteiger partial charge in [-0.2, -0.15) is 0 Å². The highest BCUT2D eigenvalue weighted by Gasteiger charge is 2.37. The van der Waals surface area contributed by atoms with Gasteiger partial charge in [0.25, 0.3) is 0 Å². The van der Waals surface area contributed by atoms with Gasteiger partial charge in [0.1, 0.15) is 11.6 Å². The molecule has 9 heteroatoms. The standard InChI is InChI=1S/C21H25F2N3O4/c1-21(2,3)19(26-11-12-4-5-25-17(27)9-12)18(28)16(30-20(24)29)8-13-6-14(22)10-15(23)7-13/h4-7,9-10,16,19,26H,8,11H2,1-3H3,(H2,24,29)(H,25,27)/t16?,19-/m1/s1. The Morgan fingerprint density at radius 2 is 1.77 bits per heavy atom. The molecular weight excluding hydrogens is 396 g/mol. The van der Waals surface area contributed by atoms with E-state index in [1.54, 1.807) is 6.07 Å². The number of ketones is 1. The van der Waals surface area contributed by atoms with Gasteiger partial charge in [0.05, 0.1) is 6.04 Å². The molecule has 2 aromatic rings. The van der Waals surface area contributed by atoms with Crippen LogP contribution in [-0.2, 0) is 22.5 Å². The van der Waals surface area contributed by atoms with Crippen LogP contribution in [0.15, 0.2) is 41.3 Å². The molecule has 1 amide bonds. The SMILES string of the molecule is CC(C)(C)[C@H](NCc1cc[nH]c(=O)c1)C(=O)C(Cc1cc(F)cc(F)c1)OC(N)=O. The Kier molecular flexibility index (Phi) is 7.44. The summed E-state index contributed by atoms with van der Waals surface area (Å²) in [6, 6.07) is 5.10. The summed E-state index contributed by atoms with van der Waals surface area (Å²) in [5, 5.41) is 3.08. The summed E-state index contributed by atoms with van der Waals surface area (Å²) in [5.41, 5.74) is 5.03. The summed E-state index contributed by atoms with van der Waals surface area (Å²) >= 11 is 0. The van der Waals surface area contributed by atoms with E-state index >= 15 is 0 Å². The van der Waals surface area contributed by atoms with Gasteiger partial charge in [-0.25, -0.2) is 13.6 Å². The van der Waals surface area contributed by atoms with Crippen molar-refractivity contribution in [3.63, 3.8) is 0 Å². The quantitative estimate of drug-likeness (QED) is 0.606. The van der Waals surface area contributed by atoms with Crippen molar-refractivity contribution in [3.05, 3.63) is 69.6 Å². The van der Waals surface area contributed by atoms with E-state index in [0.717, 1.165) is 12.1 Å². The van der Waals surface area contributed by atoms with Crippen LogP contribution in [0.5, 0.6) is 0 Å². The van der Waals surface area contributed by atoms with E-state index in [-0.39, 0.29) is 24.1 Å². The average molecular weight is 421 g/mol. The molecule has 0 aliphatic heterocycles. The van der Waals surface area contributed by atoms with Gasteiger partial charge in [0.2, 0.25) is 5.56 Å². The van der Waals surface area contributed by atoms with Crippen LogP contribution in [0.3, 0.4) is 0 Å². The Morgan fingerprint density at radius 1 is 1.13 bits per heavy atom. The van der Waals surface area contributed by atoms with Gasteiger partial charge < -0.3 is 20.8 Å². The van der Waals surface area contributed by atoms with Gasteiger partial charge in [0.15, 0.2) is 11.9 Å². The number of aromatic nitrogens is 1. The number of amides is 1. The lowest BCUT2D eigenvalue weighted by Crippen LogP contribution is -2.52. The third-order valence-corrected chi connectivity index (χ3v) is 4.42. The highest BCUT2D eigenvalue weighted by molar-refractivity contribution is 5.90. The molecule has 1 unspecified atom stereocenters. The number of hydrogen-bond donors (Lipinski definition) is 3. The third-order valence-electron chi connectivity index (χ3n) is 4.42. The summed E-state index contributed by atoms with van der Waals surface area (Å²) < 4.78 is 32.1. The van der Waals surface area contributed by atoms with Gasteiger partial charge in [0, 0.05) is 31.3 Å². The van der Waals surface area contributed by atoms with E-state index in [1.165, 1.54) is 12.3 Å². The lowest BCUT2D eigenvalue weighted by molar-refractivity contribution is -0.132. The molecule has 4 N–H and O–H groups in total. The fraction of sp³-hybridized carbons (Fsp3) is 0.381. The smallest absolute Gasteiger partial charge is 0.405 e. The molecule has 0 saturated heterocycles. The number of benzene rings is 1. The van der Waals surface area contributed by atoms with Gasteiger partial charge in [-0.1, -0.05) is 20.8 Å². The molecule has 0 saturated carbocycles. The molecule has 2 atom stereocenters. The minimum absolute atomic E-state index is 0.148. The highest BCUT2D eigenvalue weighted by atomic mass is 19.1. The second-order valence-electron chi connectivity index (χ2n) is 8.05. The fourth-order valence-electron chi connectivity index (χ4n) is 3.12. The zero-order chi connectivity index (χ0) is 22.5. The first-order valence-electron chi connectivity index (χ1n) is 9.31. The molecule has 0 fully saturated rings. The molecule has 7 nitrogen and oxygen atoms in total. The lowest BCUT2D eigenvalue weighted by Gasteiger charge is -2.33. The van der Waals surface area contributed by atoms with E-state index in [1.807, 2.05) is 20.8 Å². The monoisotopic (exact) mass is 421 g/mol. The zero-order valence-corrected chi connectivity index (χ0v) is 17.0. The van der Waals surface area contributed by atoms with Crippen molar-refractivity contribution in [1.29, 1.82) is 0 Å². The van der Waals surface area contributed by atoms with E-state index < -0.39 is 41.1 Å². The molecule has 1 aromatic carbocycles. The predicted molar refractivity (Wildman–Crippen MR) is 107 cm³/mol. The summed E-state index contributed by atoms with van der Waals surface area (Å²) in [4.78, 5) is 38.6. The molecule has 0 aliphatic carbocycles. The molecule has 2 rings (SSSR count). The van der Waals surface area contributed by atoms with Gasteiger partial charge in [-0.15, -0.1) is 0 Å². The minimum atomic E-state index is -1.35. The number of carbonyl (C=O) groups is 2. The number of hydrogen-bond acceptors (Lipinski definition) is 5. The van der Waals surface area contributed by atoms with Gasteiger partial charge in [-0.3, -0.25) is 9.59 Å². The Balaban J connectivity index is 2.27. The predicted octanol–water partition coefficient (Wildman–Crippen LogP) is 2.43. The first-order chi connectivity index (χ1) is 14.0. The van der Waals surface area contributed by atoms with Crippen molar-refractivity contribution in [2.75, 3.05) is 0 Å². The molecule has 0 radical (unpaired) electrons. The van der Waals surface area contributed by atoms with Crippen LogP contribution in [0, 0.1) is 17.0 Å². The Labute approximate surface area is 172 Å². The van der Waals surface area contributed by atoms with Crippen LogP contribution in [0.2, 0.25) is 0 Å². The number of ether oxygens (including phenoxy) is 1. The largest absolute Gasteiger partial charge is 0.438 e. The number of Topliss-reactive ketones (excluding diaryl/α,β-unsaturated/α-hetero) is 1. The number of carbonyl (C=O) groups excluding carboxylic acids is 2. The van der Waals surface area contributed by atoms with E-state index in [9.17, 15) is 23.2 Å². The number of nitrogens with two attached hydrogens (primary N) is 1. The van der Waals surface area contributed by atoms with Gasteiger partial charge in [-0.05, 0) is 34.7 Å². The van der Waals surface area contributed by atoms with Crippen LogP contribution >= 0.6 is 0 Å².